The van der Waals surface area contributed by atoms with Gasteiger partial charge in [0.25, 0.3) is 0 Å². The lowest BCUT2D eigenvalue weighted by atomic mass is 10.0. The number of hydrogen-bond donors (Lipinski definition) is 0. The van der Waals surface area contributed by atoms with Crippen molar-refractivity contribution in [3.05, 3.63) is 12.2 Å². The fraction of sp³-hybridized carbons (Fsp3) is 0.733. The summed E-state index contributed by atoms with van der Waals surface area (Å²) in [7, 11) is 0. The summed E-state index contributed by atoms with van der Waals surface area (Å²) >= 11 is 0. The fourth-order valence-corrected chi connectivity index (χ4v) is 1.79. The van der Waals surface area contributed by atoms with E-state index >= 15 is 0 Å². The molecule has 0 fully saturated rings. The summed E-state index contributed by atoms with van der Waals surface area (Å²) in [6.45, 7) is 9.21. The van der Waals surface area contributed by atoms with E-state index < -0.39 is 18.0 Å². The van der Waals surface area contributed by atoms with Crippen molar-refractivity contribution in [2.45, 2.75) is 65.4 Å². The second-order valence-corrected chi connectivity index (χ2v) is 4.55. The second-order valence-electron chi connectivity index (χ2n) is 4.55. The third kappa shape index (κ3) is 8.41. The van der Waals surface area contributed by atoms with Gasteiger partial charge in [0, 0.05) is 6.92 Å². The minimum Gasteiger partial charge on any atom is -0.463 e. The van der Waals surface area contributed by atoms with E-state index in [-0.39, 0.29) is 5.57 Å². The zero-order valence-corrected chi connectivity index (χ0v) is 12.4. The number of unbranched alkanes of at least 4 members (excludes halogenated alkanes) is 4. The molecular weight excluding hydrogens is 244 g/mol. The number of rotatable bonds is 10. The molecule has 0 saturated carbocycles. The molecule has 0 aliphatic carbocycles. The highest BCUT2D eigenvalue weighted by Gasteiger charge is 2.22. The van der Waals surface area contributed by atoms with Gasteiger partial charge in [-0.2, -0.15) is 0 Å². The molecule has 19 heavy (non-hydrogen) atoms. The van der Waals surface area contributed by atoms with Crippen LogP contribution >= 0.6 is 0 Å². The van der Waals surface area contributed by atoms with Crippen molar-refractivity contribution >= 4 is 11.9 Å². The van der Waals surface area contributed by atoms with Crippen molar-refractivity contribution in [3.63, 3.8) is 0 Å². The lowest BCUT2D eigenvalue weighted by Gasteiger charge is -2.18. The number of hydrogen-bond acceptors (Lipinski definition) is 4. The SMILES string of the molecule is C=C(C(=O)OCC)C(CCCCCCC)OC(C)=O. The van der Waals surface area contributed by atoms with Crippen LogP contribution in [0.3, 0.4) is 0 Å². The highest BCUT2D eigenvalue weighted by Crippen LogP contribution is 2.16. The first-order chi connectivity index (χ1) is 9.02. The summed E-state index contributed by atoms with van der Waals surface area (Å²) in [5, 5.41) is 0. The Kier molecular flexibility index (Phi) is 9.85. The molecule has 0 aromatic heterocycles. The number of carbonyl (C=O) groups is 2. The highest BCUT2D eigenvalue weighted by molar-refractivity contribution is 5.89. The molecule has 110 valence electrons. The van der Waals surface area contributed by atoms with Crippen LogP contribution in [0.25, 0.3) is 0 Å². The monoisotopic (exact) mass is 270 g/mol. The number of esters is 2. The van der Waals surface area contributed by atoms with E-state index in [0.717, 1.165) is 19.3 Å². The molecule has 0 aliphatic heterocycles. The smallest absolute Gasteiger partial charge is 0.337 e. The van der Waals surface area contributed by atoms with Gasteiger partial charge in [0.2, 0.25) is 0 Å². The molecule has 0 bridgehead atoms. The molecule has 0 radical (unpaired) electrons. The predicted molar refractivity (Wildman–Crippen MR) is 74.7 cm³/mol. The van der Waals surface area contributed by atoms with Gasteiger partial charge in [0.15, 0.2) is 0 Å². The Morgan fingerprint density at radius 2 is 1.74 bits per heavy atom. The van der Waals surface area contributed by atoms with Crippen molar-refractivity contribution in [1.82, 2.24) is 0 Å². The van der Waals surface area contributed by atoms with E-state index in [1.165, 1.54) is 19.8 Å². The van der Waals surface area contributed by atoms with Gasteiger partial charge in [-0.15, -0.1) is 0 Å². The van der Waals surface area contributed by atoms with Crippen molar-refractivity contribution < 1.29 is 19.1 Å². The van der Waals surface area contributed by atoms with Crippen LogP contribution in [0.2, 0.25) is 0 Å². The van der Waals surface area contributed by atoms with Gasteiger partial charge in [0.1, 0.15) is 6.10 Å². The Balaban J connectivity index is 4.25. The van der Waals surface area contributed by atoms with Gasteiger partial charge in [0.05, 0.1) is 12.2 Å². The minimum absolute atomic E-state index is 0.229. The van der Waals surface area contributed by atoms with E-state index in [1.807, 2.05) is 0 Å². The molecule has 4 heteroatoms. The maximum absolute atomic E-state index is 11.6. The molecule has 0 spiro atoms. The molecule has 0 heterocycles. The van der Waals surface area contributed by atoms with Gasteiger partial charge in [-0.05, 0) is 19.8 Å². The van der Waals surface area contributed by atoms with Crippen molar-refractivity contribution in [2.24, 2.45) is 0 Å². The molecule has 1 atom stereocenters. The third-order valence-electron chi connectivity index (χ3n) is 2.80. The zero-order chi connectivity index (χ0) is 14.7. The van der Waals surface area contributed by atoms with E-state index in [0.29, 0.717) is 13.0 Å². The average molecular weight is 270 g/mol. The van der Waals surface area contributed by atoms with Crippen LogP contribution in [-0.4, -0.2) is 24.6 Å². The molecule has 0 aliphatic rings. The first-order valence-corrected chi connectivity index (χ1v) is 7.06. The third-order valence-corrected chi connectivity index (χ3v) is 2.80. The van der Waals surface area contributed by atoms with Crippen LogP contribution in [0.1, 0.15) is 59.3 Å². The van der Waals surface area contributed by atoms with E-state index in [9.17, 15) is 9.59 Å². The van der Waals surface area contributed by atoms with Crippen LogP contribution in [-0.2, 0) is 19.1 Å². The van der Waals surface area contributed by atoms with Crippen LogP contribution in [0, 0.1) is 0 Å². The minimum atomic E-state index is -0.557. The fourth-order valence-electron chi connectivity index (χ4n) is 1.79. The first kappa shape index (κ1) is 17.7. The predicted octanol–water partition coefficient (Wildman–Crippen LogP) is 3.40. The highest BCUT2D eigenvalue weighted by atomic mass is 16.6. The molecule has 1 unspecified atom stereocenters. The van der Waals surface area contributed by atoms with Crippen molar-refractivity contribution in [1.29, 1.82) is 0 Å². The van der Waals surface area contributed by atoms with Gasteiger partial charge in [-0.1, -0.05) is 39.2 Å². The van der Waals surface area contributed by atoms with Gasteiger partial charge in [-0.25, -0.2) is 4.79 Å². The van der Waals surface area contributed by atoms with E-state index in [1.54, 1.807) is 6.92 Å². The molecule has 0 saturated heterocycles. The van der Waals surface area contributed by atoms with Gasteiger partial charge in [-0.3, -0.25) is 4.79 Å². The number of carbonyl (C=O) groups excluding carboxylic acids is 2. The normalized spacial score (nSPS) is 11.7. The van der Waals surface area contributed by atoms with Crippen LogP contribution in [0.4, 0.5) is 0 Å². The van der Waals surface area contributed by atoms with Gasteiger partial charge < -0.3 is 9.47 Å². The molecule has 0 aromatic rings. The molecule has 0 amide bonds. The van der Waals surface area contributed by atoms with Crippen molar-refractivity contribution in [3.8, 4) is 0 Å². The zero-order valence-electron chi connectivity index (χ0n) is 12.4. The maximum Gasteiger partial charge on any atom is 0.337 e. The van der Waals surface area contributed by atoms with Crippen molar-refractivity contribution in [2.75, 3.05) is 6.61 Å². The maximum atomic E-state index is 11.6. The van der Waals surface area contributed by atoms with Crippen LogP contribution in [0.5, 0.6) is 0 Å². The van der Waals surface area contributed by atoms with E-state index in [2.05, 4.69) is 13.5 Å². The van der Waals surface area contributed by atoms with Gasteiger partial charge >= 0.3 is 11.9 Å². The number of ether oxygens (including phenoxy) is 2. The Bertz CT molecular complexity index is 297. The largest absolute Gasteiger partial charge is 0.463 e. The Morgan fingerprint density at radius 3 is 2.26 bits per heavy atom. The molecule has 0 N–H and O–H groups in total. The Labute approximate surface area is 116 Å². The van der Waals surface area contributed by atoms with E-state index in [4.69, 9.17) is 9.47 Å². The second kappa shape index (κ2) is 10.6. The standard InChI is InChI=1S/C15H26O4/c1-5-7-8-9-10-11-14(19-13(4)16)12(3)15(17)18-6-2/h14H,3,5-11H2,1-2,4H3. The summed E-state index contributed by atoms with van der Waals surface area (Å²) in [4.78, 5) is 22.6. The summed E-state index contributed by atoms with van der Waals surface area (Å²) in [5.74, 6) is -0.883. The summed E-state index contributed by atoms with van der Waals surface area (Å²) in [6.07, 6.45) is 5.60. The lowest BCUT2D eigenvalue weighted by molar-refractivity contribution is -0.147. The average Bonchev–Trinajstić information content (AvgIpc) is 2.36. The lowest BCUT2D eigenvalue weighted by Crippen LogP contribution is -2.24. The summed E-state index contributed by atoms with van der Waals surface area (Å²) in [6, 6.07) is 0. The Hall–Kier alpha value is -1.32. The summed E-state index contributed by atoms with van der Waals surface area (Å²) < 4.78 is 10.0. The molecule has 0 aromatic carbocycles. The first-order valence-electron chi connectivity index (χ1n) is 7.06. The van der Waals surface area contributed by atoms with Crippen LogP contribution in [0.15, 0.2) is 12.2 Å². The van der Waals surface area contributed by atoms with Crippen LogP contribution < -0.4 is 0 Å². The molecular formula is C15H26O4. The Morgan fingerprint density at radius 1 is 1.11 bits per heavy atom. The summed E-state index contributed by atoms with van der Waals surface area (Å²) in [5.41, 5.74) is 0.229. The molecule has 4 nitrogen and oxygen atoms in total. The molecule has 0 rings (SSSR count). The quantitative estimate of drug-likeness (QED) is 0.347. The topological polar surface area (TPSA) is 52.6 Å².